The molecule has 0 fully saturated rings. The lowest BCUT2D eigenvalue weighted by molar-refractivity contribution is 0.340. The number of ether oxygens (including phenoxy) is 1. The van der Waals surface area contributed by atoms with Gasteiger partial charge in [-0.25, -0.2) is 0 Å². The topological polar surface area (TPSA) is 33.6 Å². The Hall–Kier alpha value is -2.52. The normalized spacial score (nSPS) is 11.1. The Morgan fingerprint density at radius 3 is 2.62 bits per heavy atom. The van der Waals surface area contributed by atoms with Gasteiger partial charge in [0.15, 0.2) is 0 Å². The molecule has 0 aliphatic rings. The summed E-state index contributed by atoms with van der Waals surface area (Å²) in [5, 5.41) is 7.39. The molecule has 3 rings (SSSR count). The standard InChI is InChI=1S/C20H19ClN2O/c1-2-24-20-12-9-16-5-3-4-6-18(16)19(20)14-23-22-13-15-7-10-17(21)11-8-15/h3-12,14,22H,2,13H2,1H3/b23-14-. The second kappa shape index (κ2) is 7.84. The first-order valence-corrected chi connectivity index (χ1v) is 8.30. The van der Waals surface area contributed by atoms with Gasteiger partial charge < -0.3 is 10.2 Å². The number of rotatable bonds is 6. The highest BCUT2D eigenvalue weighted by atomic mass is 35.5. The Morgan fingerprint density at radius 1 is 1.04 bits per heavy atom. The summed E-state index contributed by atoms with van der Waals surface area (Å²) in [5.41, 5.74) is 5.18. The molecule has 0 spiro atoms. The van der Waals surface area contributed by atoms with Gasteiger partial charge in [-0.1, -0.05) is 54.1 Å². The lowest BCUT2D eigenvalue weighted by Gasteiger charge is -2.10. The molecule has 3 aromatic rings. The maximum Gasteiger partial charge on any atom is 0.128 e. The van der Waals surface area contributed by atoms with Crippen LogP contribution in [0.5, 0.6) is 5.75 Å². The van der Waals surface area contributed by atoms with Crippen LogP contribution in [0.2, 0.25) is 5.02 Å². The number of hydrazone groups is 1. The van der Waals surface area contributed by atoms with Gasteiger partial charge in [0.1, 0.15) is 5.75 Å². The monoisotopic (exact) mass is 338 g/mol. The van der Waals surface area contributed by atoms with E-state index in [1.165, 1.54) is 5.39 Å². The summed E-state index contributed by atoms with van der Waals surface area (Å²) in [5.74, 6) is 0.841. The molecule has 0 heterocycles. The van der Waals surface area contributed by atoms with E-state index in [4.69, 9.17) is 16.3 Å². The van der Waals surface area contributed by atoms with Crippen molar-refractivity contribution in [1.82, 2.24) is 5.43 Å². The van der Waals surface area contributed by atoms with Crippen molar-refractivity contribution >= 4 is 28.6 Å². The highest BCUT2D eigenvalue weighted by molar-refractivity contribution is 6.30. The maximum atomic E-state index is 5.89. The number of halogens is 1. The van der Waals surface area contributed by atoms with Crippen LogP contribution in [-0.2, 0) is 6.54 Å². The Balaban J connectivity index is 1.79. The molecule has 0 amide bonds. The van der Waals surface area contributed by atoms with Crippen LogP contribution in [0.4, 0.5) is 0 Å². The number of fused-ring (bicyclic) bond motifs is 1. The summed E-state index contributed by atoms with van der Waals surface area (Å²) in [6.45, 7) is 3.24. The van der Waals surface area contributed by atoms with E-state index in [1.54, 1.807) is 0 Å². The van der Waals surface area contributed by atoms with E-state index >= 15 is 0 Å². The highest BCUT2D eigenvalue weighted by Gasteiger charge is 2.06. The molecule has 4 heteroatoms. The summed E-state index contributed by atoms with van der Waals surface area (Å²) in [6.07, 6.45) is 1.82. The SMILES string of the molecule is CCOc1ccc2ccccc2c1/C=N\NCc1ccc(Cl)cc1. The van der Waals surface area contributed by atoms with Crippen LogP contribution in [-0.4, -0.2) is 12.8 Å². The average molecular weight is 339 g/mol. The molecule has 24 heavy (non-hydrogen) atoms. The van der Waals surface area contributed by atoms with Gasteiger partial charge in [-0.05, 0) is 41.5 Å². The summed E-state index contributed by atoms with van der Waals surface area (Å²) >= 11 is 5.89. The van der Waals surface area contributed by atoms with E-state index in [-0.39, 0.29) is 0 Å². The van der Waals surface area contributed by atoms with Crippen LogP contribution < -0.4 is 10.2 Å². The number of nitrogens with zero attached hydrogens (tertiary/aromatic N) is 1. The molecular formula is C20H19ClN2O. The molecule has 3 nitrogen and oxygen atoms in total. The minimum atomic E-state index is 0.622. The summed E-state index contributed by atoms with van der Waals surface area (Å²) < 4.78 is 5.74. The Bertz CT molecular complexity index is 844. The first-order chi connectivity index (χ1) is 11.8. The smallest absolute Gasteiger partial charge is 0.128 e. The molecular weight excluding hydrogens is 320 g/mol. The fraction of sp³-hybridized carbons (Fsp3) is 0.150. The van der Waals surface area contributed by atoms with Gasteiger partial charge in [0.2, 0.25) is 0 Å². The van der Waals surface area contributed by atoms with Gasteiger partial charge in [-0.15, -0.1) is 0 Å². The van der Waals surface area contributed by atoms with E-state index < -0.39 is 0 Å². The number of benzene rings is 3. The van der Waals surface area contributed by atoms with E-state index in [2.05, 4.69) is 28.7 Å². The van der Waals surface area contributed by atoms with Crippen molar-refractivity contribution in [3.63, 3.8) is 0 Å². The number of nitrogens with one attached hydrogen (secondary N) is 1. The third-order valence-corrected chi connectivity index (χ3v) is 3.96. The minimum Gasteiger partial charge on any atom is -0.493 e. The van der Waals surface area contributed by atoms with E-state index in [0.29, 0.717) is 13.2 Å². The molecule has 0 aliphatic heterocycles. The molecule has 0 bridgehead atoms. The average Bonchev–Trinajstić information content (AvgIpc) is 2.61. The third kappa shape index (κ3) is 3.87. The van der Waals surface area contributed by atoms with Crippen molar-refractivity contribution in [3.05, 3.63) is 76.8 Å². The van der Waals surface area contributed by atoms with E-state index in [9.17, 15) is 0 Å². The van der Waals surface area contributed by atoms with Crippen LogP contribution in [0.25, 0.3) is 10.8 Å². The third-order valence-electron chi connectivity index (χ3n) is 3.71. The molecule has 122 valence electrons. The van der Waals surface area contributed by atoms with Crippen molar-refractivity contribution < 1.29 is 4.74 Å². The van der Waals surface area contributed by atoms with Crippen molar-refractivity contribution in [2.75, 3.05) is 6.61 Å². The van der Waals surface area contributed by atoms with Crippen LogP contribution in [0.15, 0.2) is 65.8 Å². The van der Waals surface area contributed by atoms with Crippen molar-refractivity contribution in [2.24, 2.45) is 5.10 Å². The van der Waals surface area contributed by atoms with Crippen LogP contribution >= 0.6 is 11.6 Å². The van der Waals surface area contributed by atoms with Crippen molar-refractivity contribution in [1.29, 1.82) is 0 Å². The van der Waals surface area contributed by atoms with E-state index in [1.807, 2.05) is 55.6 Å². The second-order valence-electron chi connectivity index (χ2n) is 5.35. The van der Waals surface area contributed by atoms with E-state index in [0.717, 1.165) is 27.3 Å². The highest BCUT2D eigenvalue weighted by Crippen LogP contribution is 2.26. The number of hydrogen-bond acceptors (Lipinski definition) is 3. The Labute approximate surface area is 146 Å². The second-order valence-corrected chi connectivity index (χ2v) is 5.79. The largest absolute Gasteiger partial charge is 0.493 e. The van der Waals surface area contributed by atoms with Crippen molar-refractivity contribution in [2.45, 2.75) is 13.5 Å². The molecule has 0 saturated carbocycles. The van der Waals surface area contributed by atoms with Crippen LogP contribution in [0.3, 0.4) is 0 Å². The van der Waals surface area contributed by atoms with Gasteiger partial charge in [0, 0.05) is 10.6 Å². The molecule has 1 N–H and O–H groups in total. The first kappa shape index (κ1) is 16.3. The zero-order valence-electron chi connectivity index (χ0n) is 13.5. The van der Waals surface area contributed by atoms with Gasteiger partial charge >= 0.3 is 0 Å². The molecule has 3 aromatic carbocycles. The zero-order valence-corrected chi connectivity index (χ0v) is 14.3. The zero-order chi connectivity index (χ0) is 16.8. The Morgan fingerprint density at radius 2 is 1.83 bits per heavy atom. The summed E-state index contributed by atoms with van der Waals surface area (Å²) in [6, 6.07) is 20.0. The predicted octanol–water partition coefficient (Wildman–Crippen LogP) is 5.02. The maximum absolute atomic E-state index is 5.89. The van der Waals surface area contributed by atoms with Gasteiger partial charge in [0.25, 0.3) is 0 Å². The summed E-state index contributed by atoms with van der Waals surface area (Å²) in [4.78, 5) is 0. The summed E-state index contributed by atoms with van der Waals surface area (Å²) in [7, 11) is 0. The fourth-order valence-corrected chi connectivity index (χ4v) is 2.67. The predicted molar refractivity (Wildman–Crippen MR) is 101 cm³/mol. The van der Waals surface area contributed by atoms with Gasteiger partial charge in [-0.3, -0.25) is 0 Å². The first-order valence-electron chi connectivity index (χ1n) is 7.93. The minimum absolute atomic E-state index is 0.622. The number of hydrogen-bond donors (Lipinski definition) is 1. The molecule has 0 atom stereocenters. The van der Waals surface area contributed by atoms with Gasteiger partial charge in [-0.2, -0.15) is 5.10 Å². The van der Waals surface area contributed by atoms with Crippen LogP contribution in [0, 0.1) is 0 Å². The van der Waals surface area contributed by atoms with Crippen molar-refractivity contribution in [3.8, 4) is 5.75 Å². The molecule has 0 unspecified atom stereocenters. The lowest BCUT2D eigenvalue weighted by Crippen LogP contribution is -2.06. The lowest BCUT2D eigenvalue weighted by atomic mass is 10.0. The molecule has 0 aliphatic carbocycles. The fourth-order valence-electron chi connectivity index (χ4n) is 2.54. The van der Waals surface area contributed by atoms with Gasteiger partial charge in [0.05, 0.1) is 19.4 Å². The molecule has 0 saturated heterocycles. The quantitative estimate of drug-likeness (QED) is 0.506. The molecule has 0 radical (unpaired) electrons. The molecule has 0 aromatic heterocycles. The van der Waals surface area contributed by atoms with Crippen LogP contribution in [0.1, 0.15) is 18.1 Å². The Kier molecular flexibility index (Phi) is 5.34.